The minimum atomic E-state index is -0.427. The molecule has 0 amide bonds. The Morgan fingerprint density at radius 3 is 2.38 bits per heavy atom. The number of hydrogen-bond donors (Lipinski definition) is 2. The van der Waals surface area contributed by atoms with Gasteiger partial charge >= 0.3 is 0 Å². The van der Waals surface area contributed by atoms with Crippen molar-refractivity contribution < 1.29 is 4.39 Å². The summed E-state index contributed by atoms with van der Waals surface area (Å²) in [5, 5.41) is 3.85. The van der Waals surface area contributed by atoms with Crippen LogP contribution >= 0.6 is 23.2 Å². The Hall–Kier alpha value is -0.510. The van der Waals surface area contributed by atoms with Crippen molar-refractivity contribution in [1.29, 1.82) is 0 Å². The molecular formula is C11H13Cl2FN2. The smallest absolute Gasteiger partial charge is 0.126 e. The summed E-state index contributed by atoms with van der Waals surface area (Å²) >= 11 is 11.9. The summed E-state index contributed by atoms with van der Waals surface area (Å²) in [4.78, 5) is 0. The molecule has 1 aliphatic rings. The van der Waals surface area contributed by atoms with Gasteiger partial charge in [0.25, 0.3) is 0 Å². The average Bonchev–Trinajstić information content (AvgIpc) is 2.58. The number of nitrogens with one attached hydrogen (secondary N) is 1. The van der Waals surface area contributed by atoms with Gasteiger partial charge in [-0.05, 0) is 31.4 Å². The molecule has 1 fully saturated rings. The third-order valence-corrected chi connectivity index (χ3v) is 3.42. The molecule has 1 saturated carbocycles. The van der Waals surface area contributed by atoms with Crippen LogP contribution in [0.25, 0.3) is 0 Å². The maximum Gasteiger partial charge on any atom is 0.126 e. The van der Waals surface area contributed by atoms with Crippen molar-refractivity contribution in [2.45, 2.75) is 31.3 Å². The Morgan fingerprint density at radius 1 is 1.25 bits per heavy atom. The van der Waals surface area contributed by atoms with Crippen molar-refractivity contribution in [3.05, 3.63) is 28.0 Å². The highest BCUT2D eigenvalue weighted by atomic mass is 35.5. The van der Waals surface area contributed by atoms with Crippen LogP contribution in [0.4, 0.5) is 10.1 Å². The maximum atomic E-state index is 13.0. The van der Waals surface area contributed by atoms with Gasteiger partial charge in [-0.25, -0.2) is 4.39 Å². The number of hydrogen-bond acceptors (Lipinski definition) is 2. The summed E-state index contributed by atoms with van der Waals surface area (Å²) in [6.07, 6.45) is 2.88. The fraction of sp³-hybridized carbons (Fsp3) is 0.455. The van der Waals surface area contributed by atoms with E-state index in [1.807, 2.05) is 0 Å². The van der Waals surface area contributed by atoms with Crippen LogP contribution in [0.1, 0.15) is 19.3 Å². The molecule has 0 aliphatic heterocycles. The van der Waals surface area contributed by atoms with E-state index in [0.717, 1.165) is 19.3 Å². The Kier molecular flexibility index (Phi) is 3.57. The summed E-state index contributed by atoms with van der Waals surface area (Å²) in [5.74, 6) is -0.427. The molecule has 0 bridgehead atoms. The van der Waals surface area contributed by atoms with E-state index in [1.54, 1.807) is 0 Å². The van der Waals surface area contributed by atoms with Crippen molar-refractivity contribution in [1.82, 2.24) is 0 Å². The van der Waals surface area contributed by atoms with Crippen LogP contribution < -0.4 is 11.1 Å². The number of rotatable bonds is 2. The first kappa shape index (κ1) is 12.0. The number of nitrogens with two attached hydrogens (primary N) is 1. The molecule has 2 nitrogen and oxygen atoms in total. The standard InChI is InChI=1S/C11H13Cl2FN2/c12-9-3-6(14)4-10(13)11(9)16-8-2-1-7(15)5-8/h3-4,7-8,16H,1-2,5,15H2. The Labute approximate surface area is 104 Å². The molecule has 2 unspecified atom stereocenters. The fourth-order valence-electron chi connectivity index (χ4n) is 2.03. The molecule has 2 rings (SSSR count). The van der Waals surface area contributed by atoms with Gasteiger partial charge in [0.1, 0.15) is 5.82 Å². The lowest BCUT2D eigenvalue weighted by Crippen LogP contribution is -2.21. The topological polar surface area (TPSA) is 38.0 Å². The van der Waals surface area contributed by atoms with E-state index in [1.165, 1.54) is 12.1 Å². The van der Waals surface area contributed by atoms with Crippen molar-refractivity contribution in [3.8, 4) is 0 Å². The first-order chi connectivity index (χ1) is 7.56. The zero-order chi connectivity index (χ0) is 11.7. The molecule has 1 aliphatic carbocycles. The van der Waals surface area contributed by atoms with E-state index in [-0.39, 0.29) is 12.1 Å². The van der Waals surface area contributed by atoms with Crippen LogP contribution in [0, 0.1) is 5.82 Å². The lowest BCUT2D eigenvalue weighted by molar-refractivity contribution is 0.627. The van der Waals surface area contributed by atoms with E-state index < -0.39 is 5.82 Å². The first-order valence-electron chi connectivity index (χ1n) is 5.23. The van der Waals surface area contributed by atoms with Gasteiger partial charge in [-0.15, -0.1) is 0 Å². The van der Waals surface area contributed by atoms with Crippen molar-refractivity contribution in [3.63, 3.8) is 0 Å². The fourth-order valence-corrected chi connectivity index (χ4v) is 2.60. The minimum absolute atomic E-state index is 0.232. The molecule has 16 heavy (non-hydrogen) atoms. The number of benzene rings is 1. The quantitative estimate of drug-likeness (QED) is 0.857. The maximum absolute atomic E-state index is 13.0. The van der Waals surface area contributed by atoms with E-state index in [9.17, 15) is 4.39 Å². The molecule has 1 aromatic rings. The van der Waals surface area contributed by atoms with Crippen molar-refractivity contribution in [2.75, 3.05) is 5.32 Å². The first-order valence-corrected chi connectivity index (χ1v) is 5.98. The van der Waals surface area contributed by atoms with Crippen LogP contribution in [0.5, 0.6) is 0 Å². The Morgan fingerprint density at radius 2 is 1.88 bits per heavy atom. The summed E-state index contributed by atoms with van der Waals surface area (Å²) in [7, 11) is 0. The second kappa shape index (κ2) is 4.78. The Bertz CT molecular complexity index is 375. The van der Waals surface area contributed by atoms with Gasteiger partial charge in [-0.2, -0.15) is 0 Å². The van der Waals surface area contributed by atoms with Crippen LogP contribution in [0.2, 0.25) is 10.0 Å². The second-order valence-electron chi connectivity index (χ2n) is 4.16. The lowest BCUT2D eigenvalue weighted by Gasteiger charge is -2.16. The largest absolute Gasteiger partial charge is 0.380 e. The van der Waals surface area contributed by atoms with Gasteiger partial charge in [0.15, 0.2) is 0 Å². The van der Waals surface area contributed by atoms with Crippen molar-refractivity contribution in [2.24, 2.45) is 5.73 Å². The lowest BCUT2D eigenvalue weighted by atomic mass is 10.2. The molecule has 0 spiro atoms. The van der Waals surface area contributed by atoms with Crippen LogP contribution in [-0.4, -0.2) is 12.1 Å². The van der Waals surface area contributed by atoms with Crippen LogP contribution in [0.15, 0.2) is 12.1 Å². The highest BCUT2D eigenvalue weighted by Gasteiger charge is 2.23. The zero-order valence-electron chi connectivity index (χ0n) is 8.64. The third kappa shape index (κ3) is 2.59. The highest BCUT2D eigenvalue weighted by Crippen LogP contribution is 2.33. The van der Waals surface area contributed by atoms with Gasteiger partial charge in [-0.3, -0.25) is 0 Å². The third-order valence-electron chi connectivity index (χ3n) is 2.83. The second-order valence-corrected chi connectivity index (χ2v) is 4.97. The highest BCUT2D eigenvalue weighted by molar-refractivity contribution is 6.39. The molecule has 0 radical (unpaired) electrons. The van der Waals surface area contributed by atoms with Crippen molar-refractivity contribution >= 4 is 28.9 Å². The molecule has 0 saturated heterocycles. The number of anilines is 1. The normalized spacial score (nSPS) is 24.8. The summed E-state index contributed by atoms with van der Waals surface area (Å²) < 4.78 is 13.0. The average molecular weight is 263 g/mol. The minimum Gasteiger partial charge on any atom is -0.380 e. The molecule has 5 heteroatoms. The molecule has 1 aromatic carbocycles. The van der Waals surface area contributed by atoms with Crippen LogP contribution in [0.3, 0.4) is 0 Å². The van der Waals surface area contributed by atoms with E-state index in [4.69, 9.17) is 28.9 Å². The van der Waals surface area contributed by atoms with Gasteiger partial charge in [0, 0.05) is 12.1 Å². The van der Waals surface area contributed by atoms with Gasteiger partial charge in [0.2, 0.25) is 0 Å². The van der Waals surface area contributed by atoms with Gasteiger partial charge in [0.05, 0.1) is 15.7 Å². The van der Waals surface area contributed by atoms with Gasteiger partial charge in [-0.1, -0.05) is 23.2 Å². The molecule has 2 atom stereocenters. The Balaban J connectivity index is 2.15. The number of halogens is 3. The summed E-state index contributed by atoms with van der Waals surface area (Å²) in [6, 6.07) is 3.01. The van der Waals surface area contributed by atoms with E-state index in [2.05, 4.69) is 5.32 Å². The SMILES string of the molecule is NC1CCC(Nc2c(Cl)cc(F)cc2Cl)C1. The zero-order valence-corrected chi connectivity index (χ0v) is 10.2. The van der Waals surface area contributed by atoms with Crippen LogP contribution in [-0.2, 0) is 0 Å². The molecule has 88 valence electrons. The molecular weight excluding hydrogens is 250 g/mol. The predicted molar refractivity (Wildman–Crippen MR) is 65.7 cm³/mol. The summed E-state index contributed by atoms with van der Waals surface area (Å²) in [5.41, 5.74) is 6.41. The van der Waals surface area contributed by atoms with E-state index in [0.29, 0.717) is 15.7 Å². The molecule has 0 aromatic heterocycles. The predicted octanol–water partition coefficient (Wildman–Crippen LogP) is 3.42. The van der Waals surface area contributed by atoms with Gasteiger partial charge < -0.3 is 11.1 Å². The summed E-state index contributed by atoms with van der Waals surface area (Å²) in [6.45, 7) is 0. The molecule has 0 heterocycles. The molecule has 3 N–H and O–H groups in total. The monoisotopic (exact) mass is 262 g/mol. The van der Waals surface area contributed by atoms with E-state index >= 15 is 0 Å².